The second kappa shape index (κ2) is 9.37. The van der Waals surface area contributed by atoms with E-state index in [1.165, 1.54) is 10.4 Å². The fourth-order valence-electron chi connectivity index (χ4n) is 5.87. The lowest BCUT2D eigenvalue weighted by molar-refractivity contribution is -0.112. The molecule has 1 spiro atoms. The van der Waals surface area contributed by atoms with Crippen LogP contribution in [0.1, 0.15) is 66.8 Å². The van der Waals surface area contributed by atoms with Crippen molar-refractivity contribution < 1.29 is 9.84 Å². The van der Waals surface area contributed by atoms with Crippen LogP contribution in [-0.2, 0) is 29.7 Å². The molecule has 0 unspecified atom stereocenters. The molecule has 6 nitrogen and oxygen atoms in total. The number of nitrogens with one attached hydrogen (secondary N) is 1. The summed E-state index contributed by atoms with van der Waals surface area (Å²) < 4.78 is 6.49. The van der Waals surface area contributed by atoms with Gasteiger partial charge in [0, 0.05) is 71.8 Å². The summed E-state index contributed by atoms with van der Waals surface area (Å²) in [5.74, 6) is 0.996. The van der Waals surface area contributed by atoms with Gasteiger partial charge in [-0.1, -0.05) is 13.3 Å². The number of aromatic nitrogens is 2. The lowest BCUT2D eigenvalue weighted by Crippen LogP contribution is -2.50. The number of ether oxygens (including phenoxy) is 1. The summed E-state index contributed by atoms with van der Waals surface area (Å²) >= 11 is 1.99. The minimum atomic E-state index is -0.0950. The monoisotopic (exact) mass is 456 g/mol. The summed E-state index contributed by atoms with van der Waals surface area (Å²) in [6, 6.07) is 3.16. The number of fused-ring (bicyclic) bond motifs is 2. The van der Waals surface area contributed by atoms with E-state index in [9.17, 15) is 5.11 Å². The van der Waals surface area contributed by atoms with Gasteiger partial charge in [-0.15, -0.1) is 11.3 Å². The van der Waals surface area contributed by atoms with Gasteiger partial charge >= 0.3 is 0 Å². The second-order valence-corrected chi connectivity index (χ2v) is 11.0. The van der Waals surface area contributed by atoms with E-state index in [4.69, 9.17) is 4.74 Å². The fraction of sp³-hybridized carbons (Fsp3) is 0.680. The zero-order chi connectivity index (χ0) is 22.1. The van der Waals surface area contributed by atoms with Crippen LogP contribution in [-0.4, -0.2) is 51.8 Å². The zero-order valence-electron chi connectivity index (χ0n) is 19.3. The van der Waals surface area contributed by atoms with Crippen molar-refractivity contribution in [2.45, 2.75) is 83.0 Å². The standard InChI is InChI=1S/C25H36N4O2S/c1-3-20-11-21-23(32-20)7-10-31-25(21)8-9-29(17(2)12-25)15-18-13-26-24(27-14-18)28-22-6-4-5-19(22)16-30/h11,13-14,17,19,22,30H,3-10,12,15-16H2,1-2H3,(H,26,27,28)/t17-,19-,22-,25+/m0/s1. The number of hydrogen-bond acceptors (Lipinski definition) is 7. The molecule has 0 bridgehead atoms. The summed E-state index contributed by atoms with van der Waals surface area (Å²) in [5, 5.41) is 13.0. The maximum absolute atomic E-state index is 9.53. The van der Waals surface area contributed by atoms with Gasteiger partial charge in [0.15, 0.2) is 0 Å². The number of likely N-dealkylation sites (tertiary alicyclic amines) is 1. The van der Waals surface area contributed by atoms with Crippen LogP contribution in [0.15, 0.2) is 18.5 Å². The zero-order valence-corrected chi connectivity index (χ0v) is 20.2. The number of anilines is 1. The van der Waals surface area contributed by atoms with Crippen molar-refractivity contribution in [1.82, 2.24) is 14.9 Å². The Morgan fingerprint density at radius 2 is 2.16 bits per heavy atom. The van der Waals surface area contributed by atoms with E-state index in [0.717, 1.165) is 70.2 Å². The highest BCUT2D eigenvalue weighted by molar-refractivity contribution is 7.12. The Morgan fingerprint density at radius 3 is 2.91 bits per heavy atom. The Morgan fingerprint density at radius 1 is 1.31 bits per heavy atom. The topological polar surface area (TPSA) is 70.5 Å². The summed E-state index contributed by atoms with van der Waals surface area (Å²) in [4.78, 5) is 14.7. The van der Waals surface area contributed by atoms with Gasteiger partial charge in [0.2, 0.25) is 5.95 Å². The molecule has 2 N–H and O–H groups in total. The predicted molar refractivity (Wildman–Crippen MR) is 128 cm³/mol. The molecular formula is C25H36N4O2S. The molecule has 2 aromatic heterocycles. The average Bonchev–Trinajstić information content (AvgIpc) is 3.44. The van der Waals surface area contributed by atoms with Crippen LogP contribution in [0.4, 0.5) is 5.95 Å². The lowest BCUT2D eigenvalue weighted by Gasteiger charge is -2.47. The van der Waals surface area contributed by atoms with E-state index >= 15 is 0 Å². The van der Waals surface area contributed by atoms with Crippen LogP contribution in [0.5, 0.6) is 0 Å². The van der Waals surface area contributed by atoms with Crippen molar-refractivity contribution in [2.75, 3.05) is 25.1 Å². The van der Waals surface area contributed by atoms with Crippen LogP contribution >= 0.6 is 11.3 Å². The first-order valence-corrected chi connectivity index (χ1v) is 13.1. The Hall–Kier alpha value is -1.54. The number of nitrogens with zero attached hydrogens (tertiary/aromatic N) is 3. The molecule has 2 aromatic rings. The number of aliphatic hydroxyl groups is 1. The van der Waals surface area contributed by atoms with Crippen LogP contribution in [0.25, 0.3) is 0 Å². The third kappa shape index (κ3) is 4.32. The van der Waals surface area contributed by atoms with Crippen molar-refractivity contribution >= 4 is 17.3 Å². The average molecular weight is 457 g/mol. The van der Waals surface area contributed by atoms with E-state index < -0.39 is 0 Å². The smallest absolute Gasteiger partial charge is 0.222 e. The maximum Gasteiger partial charge on any atom is 0.222 e. The van der Waals surface area contributed by atoms with E-state index in [1.807, 2.05) is 23.7 Å². The molecule has 0 radical (unpaired) electrons. The predicted octanol–water partition coefficient (Wildman–Crippen LogP) is 4.13. The first-order valence-electron chi connectivity index (χ1n) is 12.3. The molecule has 3 aliphatic rings. The molecule has 32 heavy (non-hydrogen) atoms. The Bertz CT molecular complexity index is 917. The van der Waals surface area contributed by atoms with Gasteiger partial charge in [0.1, 0.15) is 0 Å². The van der Waals surface area contributed by atoms with Gasteiger partial charge in [-0.25, -0.2) is 9.97 Å². The summed E-state index contributed by atoms with van der Waals surface area (Å²) in [7, 11) is 0. The molecule has 1 aliphatic carbocycles. The van der Waals surface area contributed by atoms with Gasteiger partial charge in [-0.05, 0) is 50.7 Å². The molecule has 1 saturated heterocycles. The second-order valence-electron chi connectivity index (χ2n) is 9.81. The van der Waals surface area contributed by atoms with Crippen LogP contribution in [0.3, 0.4) is 0 Å². The molecule has 1 saturated carbocycles. The third-order valence-corrected chi connectivity index (χ3v) is 9.10. The number of thiophene rings is 1. The van der Waals surface area contributed by atoms with Crippen LogP contribution < -0.4 is 5.32 Å². The molecule has 4 heterocycles. The van der Waals surface area contributed by atoms with E-state index in [0.29, 0.717) is 17.9 Å². The molecule has 0 amide bonds. The van der Waals surface area contributed by atoms with Gasteiger partial charge in [-0.3, -0.25) is 4.90 Å². The van der Waals surface area contributed by atoms with Crippen molar-refractivity contribution in [1.29, 1.82) is 0 Å². The lowest BCUT2D eigenvalue weighted by atomic mass is 9.79. The Balaban J connectivity index is 1.21. The number of aliphatic hydroxyl groups excluding tert-OH is 1. The van der Waals surface area contributed by atoms with Crippen LogP contribution in [0, 0.1) is 5.92 Å². The van der Waals surface area contributed by atoms with Gasteiger partial charge < -0.3 is 15.2 Å². The largest absolute Gasteiger partial charge is 0.396 e. The van der Waals surface area contributed by atoms with Crippen molar-refractivity contribution in [2.24, 2.45) is 5.92 Å². The highest BCUT2D eigenvalue weighted by Gasteiger charge is 2.44. The molecule has 5 rings (SSSR count). The van der Waals surface area contributed by atoms with Gasteiger partial charge in [0.25, 0.3) is 0 Å². The van der Waals surface area contributed by atoms with Crippen LogP contribution in [0.2, 0.25) is 0 Å². The van der Waals surface area contributed by atoms with Crippen molar-refractivity contribution in [3.8, 4) is 0 Å². The molecule has 2 fully saturated rings. The molecule has 0 aromatic carbocycles. The minimum absolute atomic E-state index is 0.0950. The fourth-order valence-corrected chi connectivity index (χ4v) is 7.04. The number of aryl methyl sites for hydroxylation is 1. The SMILES string of the molecule is CCc1cc2c(s1)CCO[C@@]21CCN(Cc2cnc(N[C@H]3CCC[C@H]3CO)nc2)[C@@H](C)C1. The van der Waals surface area contributed by atoms with Gasteiger partial charge in [0.05, 0.1) is 12.2 Å². The highest BCUT2D eigenvalue weighted by Crippen LogP contribution is 2.46. The van der Waals surface area contributed by atoms with Crippen molar-refractivity contribution in [3.05, 3.63) is 39.3 Å². The molecular weight excluding hydrogens is 420 g/mol. The molecule has 174 valence electrons. The summed E-state index contributed by atoms with van der Waals surface area (Å²) in [6.45, 7) is 7.56. The Kier molecular flexibility index (Phi) is 6.52. The first kappa shape index (κ1) is 22.3. The molecule has 7 heteroatoms. The quantitative estimate of drug-likeness (QED) is 0.681. The van der Waals surface area contributed by atoms with Crippen molar-refractivity contribution in [3.63, 3.8) is 0 Å². The normalized spacial score (nSPS) is 30.5. The highest BCUT2D eigenvalue weighted by atomic mass is 32.1. The number of rotatable bonds is 6. The molecule has 2 aliphatic heterocycles. The summed E-state index contributed by atoms with van der Waals surface area (Å²) in [6.07, 6.45) is 11.5. The van der Waals surface area contributed by atoms with E-state index in [1.54, 1.807) is 4.88 Å². The maximum atomic E-state index is 9.53. The first-order chi connectivity index (χ1) is 15.6. The Labute approximate surface area is 195 Å². The van der Waals surface area contributed by atoms with Gasteiger partial charge in [-0.2, -0.15) is 0 Å². The number of hydrogen-bond donors (Lipinski definition) is 2. The number of piperidine rings is 1. The minimum Gasteiger partial charge on any atom is -0.396 e. The summed E-state index contributed by atoms with van der Waals surface area (Å²) in [5.41, 5.74) is 2.53. The molecule has 4 atom stereocenters. The van der Waals surface area contributed by atoms with E-state index in [-0.39, 0.29) is 18.2 Å². The third-order valence-electron chi connectivity index (χ3n) is 7.76. The van der Waals surface area contributed by atoms with E-state index in [2.05, 4.69) is 40.1 Å².